The lowest BCUT2D eigenvalue weighted by Gasteiger charge is -2.09. The predicted molar refractivity (Wildman–Crippen MR) is 85.0 cm³/mol. The number of nitrogens with one attached hydrogen (secondary N) is 1. The number of hydrogen-bond acceptors (Lipinski definition) is 3. The molecule has 1 N–H and O–H groups in total. The fourth-order valence-corrected chi connectivity index (χ4v) is 2.13. The van der Waals surface area contributed by atoms with E-state index in [9.17, 15) is 27.2 Å². The van der Waals surface area contributed by atoms with Gasteiger partial charge in [0.15, 0.2) is 0 Å². The Bertz CT molecular complexity index is 807. The Kier molecular flexibility index (Phi) is 6.20. The molecular weight excluding hydrogens is 378 g/mol. The van der Waals surface area contributed by atoms with Crippen molar-refractivity contribution in [2.45, 2.75) is 12.8 Å². The highest BCUT2D eigenvalue weighted by molar-refractivity contribution is 6.31. The number of alkyl halides is 3. The summed E-state index contributed by atoms with van der Waals surface area (Å²) in [5, 5.41) is 2.32. The Labute approximate surface area is 150 Å². The van der Waals surface area contributed by atoms with Crippen molar-refractivity contribution in [2.24, 2.45) is 0 Å². The average molecular weight is 390 g/mol. The molecule has 0 spiro atoms. The fraction of sp³-hybridized carbons (Fsp3) is 0.176. The topological polar surface area (TPSA) is 55.4 Å². The van der Waals surface area contributed by atoms with Crippen LogP contribution in [0.5, 0.6) is 0 Å². The van der Waals surface area contributed by atoms with Gasteiger partial charge >= 0.3 is 12.1 Å². The Morgan fingerprint density at radius 2 is 1.73 bits per heavy atom. The first kappa shape index (κ1) is 19.7. The molecule has 0 saturated heterocycles. The van der Waals surface area contributed by atoms with Gasteiger partial charge in [0.2, 0.25) is 0 Å². The second-order valence-corrected chi connectivity index (χ2v) is 5.56. The number of carbonyl (C=O) groups is 2. The molecule has 0 radical (unpaired) electrons. The molecule has 4 nitrogen and oxygen atoms in total. The minimum atomic E-state index is -4.50. The summed E-state index contributed by atoms with van der Waals surface area (Å²) in [5.74, 6) is -2.05. The molecule has 0 aliphatic rings. The zero-order valence-corrected chi connectivity index (χ0v) is 13.8. The number of carbonyl (C=O) groups excluding carboxylic acids is 2. The molecule has 0 aliphatic carbocycles. The Morgan fingerprint density at radius 1 is 1.08 bits per heavy atom. The third-order valence-corrected chi connectivity index (χ3v) is 3.62. The molecule has 0 aromatic heterocycles. The van der Waals surface area contributed by atoms with Crippen LogP contribution < -0.4 is 5.32 Å². The maximum atomic E-state index is 12.9. The molecular formula is C17H12ClF4NO3. The maximum Gasteiger partial charge on any atom is 0.416 e. The number of amides is 1. The summed E-state index contributed by atoms with van der Waals surface area (Å²) in [6.07, 6.45) is -4.50. The second-order valence-electron chi connectivity index (χ2n) is 5.15. The van der Waals surface area contributed by atoms with E-state index in [-0.39, 0.29) is 17.2 Å². The van der Waals surface area contributed by atoms with E-state index in [0.717, 1.165) is 36.4 Å². The van der Waals surface area contributed by atoms with Crippen molar-refractivity contribution in [1.29, 1.82) is 0 Å². The van der Waals surface area contributed by atoms with Gasteiger partial charge in [0.25, 0.3) is 5.91 Å². The van der Waals surface area contributed by atoms with Crippen LogP contribution in [0.15, 0.2) is 42.5 Å². The molecule has 0 aliphatic heterocycles. The molecule has 138 valence electrons. The Morgan fingerprint density at radius 3 is 2.31 bits per heavy atom. The highest BCUT2D eigenvalue weighted by Crippen LogP contribution is 2.29. The van der Waals surface area contributed by atoms with E-state index in [0.29, 0.717) is 5.56 Å². The van der Waals surface area contributed by atoms with Gasteiger partial charge in [0, 0.05) is 11.1 Å². The summed E-state index contributed by atoms with van der Waals surface area (Å²) in [7, 11) is 0. The van der Waals surface area contributed by atoms with Gasteiger partial charge in [0.1, 0.15) is 19.0 Å². The molecule has 0 bridgehead atoms. The third-order valence-electron chi connectivity index (χ3n) is 3.27. The third kappa shape index (κ3) is 5.45. The molecule has 0 saturated carbocycles. The van der Waals surface area contributed by atoms with E-state index in [1.54, 1.807) is 0 Å². The van der Waals surface area contributed by atoms with Crippen LogP contribution in [0.2, 0.25) is 5.02 Å². The first-order chi connectivity index (χ1) is 12.2. The predicted octanol–water partition coefficient (Wildman–Crippen LogP) is 3.97. The van der Waals surface area contributed by atoms with Crippen LogP contribution in [-0.2, 0) is 22.3 Å². The molecule has 1 amide bonds. The van der Waals surface area contributed by atoms with Crippen LogP contribution >= 0.6 is 11.6 Å². The van der Waals surface area contributed by atoms with E-state index in [4.69, 9.17) is 16.3 Å². The molecule has 0 heterocycles. The van der Waals surface area contributed by atoms with Gasteiger partial charge in [-0.3, -0.25) is 9.59 Å². The van der Waals surface area contributed by atoms with E-state index < -0.39 is 36.0 Å². The van der Waals surface area contributed by atoms with Crippen LogP contribution in [0.1, 0.15) is 21.5 Å². The van der Waals surface area contributed by atoms with Gasteiger partial charge in [-0.25, -0.2) is 4.39 Å². The van der Waals surface area contributed by atoms with E-state index in [2.05, 4.69) is 5.32 Å². The standard InChI is InChI=1S/C17H12ClF4NO3/c18-14-7-13(19)6-3-11(14)9-26-15(24)8-23-16(25)10-1-4-12(5-2-10)17(20,21)22/h1-7H,8-9H2,(H,23,25). The molecule has 0 atom stereocenters. The second kappa shape index (κ2) is 8.18. The zero-order chi connectivity index (χ0) is 19.3. The molecule has 0 fully saturated rings. The molecule has 2 aromatic rings. The van der Waals surface area contributed by atoms with Crippen molar-refractivity contribution in [3.63, 3.8) is 0 Å². The molecule has 26 heavy (non-hydrogen) atoms. The number of ether oxygens (including phenoxy) is 1. The van der Waals surface area contributed by atoms with Gasteiger partial charge in [-0.1, -0.05) is 17.7 Å². The first-order valence-electron chi connectivity index (χ1n) is 7.22. The van der Waals surface area contributed by atoms with E-state index in [1.165, 1.54) is 6.07 Å². The summed E-state index contributed by atoms with van der Waals surface area (Å²) >= 11 is 5.78. The van der Waals surface area contributed by atoms with Gasteiger partial charge < -0.3 is 10.1 Å². The van der Waals surface area contributed by atoms with Crippen molar-refractivity contribution in [1.82, 2.24) is 5.32 Å². The lowest BCUT2D eigenvalue weighted by molar-refractivity contribution is -0.143. The molecule has 2 rings (SSSR count). The lowest BCUT2D eigenvalue weighted by Crippen LogP contribution is -2.30. The SMILES string of the molecule is O=C(CNC(=O)c1ccc(C(F)(F)F)cc1)OCc1ccc(F)cc1Cl. The highest BCUT2D eigenvalue weighted by atomic mass is 35.5. The van der Waals surface area contributed by atoms with E-state index >= 15 is 0 Å². The molecule has 2 aromatic carbocycles. The largest absolute Gasteiger partial charge is 0.459 e. The quantitative estimate of drug-likeness (QED) is 0.622. The fourth-order valence-electron chi connectivity index (χ4n) is 1.91. The number of halogens is 5. The number of hydrogen-bond donors (Lipinski definition) is 1. The highest BCUT2D eigenvalue weighted by Gasteiger charge is 2.30. The van der Waals surface area contributed by atoms with Gasteiger partial charge in [-0.05, 0) is 36.4 Å². The lowest BCUT2D eigenvalue weighted by atomic mass is 10.1. The van der Waals surface area contributed by atoms with Gasteiger partial charge in [-0.2, -0.15) is 13.2 Å². The summed E-state index contributed by atoms with van der Waals surface area (Å²) in [4.78, 5) is 23.4. The smallest absolute Gasteiger partial charge is 0.416 e. The molecule has 0 unspecified atom stereocenters. The van der Waals surface area contributed by atoms with Gasteiger partial charge in [-0.15, -0.1) is 0 Å². The zero-order valence-electron chi connectivity index (χ0n) is 13.1. The Hall–Kier alpha value is -2.61. The minimum absolute atomic E-state index is 0.0348. The van der Waals surface area contributed by atoms with Crippen LogP contribution in [0.3, 0.4) is 0 Å². The summed E-state index contributed by atoms with van der Waals surface area (Å²) < 4.78 is 55.2. The van der Waals surface area contributed by atoms with Crippen molar-refractivity contribution in [2.75, 3.05) is 6.54 Å². The van der Waals surface area contributed by atoms with E-state index in [1.807, 2.05) is 0 Å². The Balaban J connectivity index is 1.84. The average Bonchev–Trinajstić information content (AvgIpc) is 2.58. The van der Waals surface area contributed by atoms with Crippen molar-refractivity contribution < 1.29 is 31.9 Å². The van der Waals surface area contributed by atoms with Crippen LogP contribution in [0.4, 0.5) is 17.6 Å². The monoisotopic (exact) mass is 389 g/mol. The van der Waals surface area contributed by atoms with Crippen LogP contribution in [-0.4, -0.2) is 18.4 Å². The first-order valence-corrected chi connectivity index (χ1v) is 7.59. The van der Waals surface area contributed by atoms with Crippen molar-refractivity contribution in [3.8, 4) is 0 Å². The number of benzene rings is 2. The summed E-state index contributed by atoms with van der Waals surface area (Å²) in [5.41, 5.74) is -0.535. The van der Waals surface area contributed by atoms with Gasteiger partial charge in [0.05, 0.1) is 10.6 Å². The minimum Gasteiger partial charge on any atom is -0.459 e. The maximum absolute atomic E-state index is 12.9. The number of rotatable bonds is 5. The molecule has 9 heteroatoms. The van der Waals surface area contributed by atoms with Crippen molar-refractivity contribution in [3.05, 3.63) is 70.0 Å². The van der Waals surface area contributed by atoms with Crippen LogP contribution in [0, 0.1) is 5.82 Å². The summed E-state index contributed by atoms with van der Waals surface area (Å²) in [6.45, 7) is -0.702. The normalized spacial score (nSPS) is 11.1. The van der Waals surface area contributed by atoms with Crippen molar-refractivity contribution >= 4 is 23.5 Å². The van der Waals surface area contributed by atoms with Crippen LogP contribution in [0.25, 0.3) is 0 Å². The summed E-state index contributed by atoms with van der Waals surface area (Å²) in [6, 6.07) is 7.11. The number of esters is 1.